The minimum atomic E-state index is 0.0570. The Hall–Kier alpha value is -1.72. The average Bonchev–Trinajstić information content (AvgIpc) is 2.79. The molecule has 1 aromatic heterocycles. The van der Waals surface area contributed by atoms with E-state index in [4.69, 9.17) is 5.73 Å². The van der Waals surface area contributed by atoms with Crippen LogP contribution < -0.4 is 10.6 Å². The van der Waals surface area contributed by atoms with Crippen molar-refractivity contribution >= 4 is 22.9 Å². The number of hydrogen-bond donors (Lipinski definition) is 1. The molecule has 1 aromatic carbocycles. The molecule has 2 N–H and O–H groups in total. The maximum atomic E-state index is 12.2. The molecule has 2 aromatic rings. The molecule has 19 heavy (non-hydrogen) atoms. The number of nitrogens with two attached hydrogens (primary N) is 1. The van der Waals surface area contributed by atoms with Crippen LogP contribution in [0, 0.1) is 6.92 Å². The zero-order valence-corrected chi connectivity index (χ0v) is 11.9. The Labute approximate surface area is 116 Å². The molecule has 0 aliphatic rings. The van der Waals surface area contributed by atoms with Gasteiger partial charge in [-0.15, -0.1) is 11.3 Å². The molecule has 0 aliphatic carbocycles. The predicted octanol–water partition coefficient (Wildman–Crippen LogP) is 2.12. The molecule has 0 spiro atoms. The summed E-state index contributed by atoms with van der Waals surface area (Å²) in [6.07, 6.45) is 0.370. The van der Waals surface area contributed by atoms with Gasteiger partial charge in [0, 0.05) is 24.2 Å². The molecule has 1 heterocycles. The number of aryl methyl sites for hydroxylation is 1. The Bertz CT molecular complexity index is 565. The predicted molar refractivity (Wildman–Crippen MR) is 78.3 cm³/mol. The molecule has 0 aliphatic heterocycles. The van der Waals surface area contributed by atoms with Crippen molar-refractivity contribution in [2.24, 2.45) is 5.73 Å². The lowest BCUT2D eigenvalue weighted by Gasteiger charge is -2.16. The molecule has 0 bridgehead atoms. The minimum Gasteiger partial charge on any atom is -0.325 e. The highest BCUT2D eigenvalue weighted by Gasteiger charge is 2.15. The first-order valence-corrected chi connectivity index (χ1v) is 6.90. The van der Waals surface area contributed by atoms with Crippen molar-refractivity contribution in [3.8, 4) is 0 Å². The number of anilines is 1. The molecule has 5 heteroatoms. The smallest absolute Gasteiger partial charge is 0.232 e. The highest BCUT2D eigenvalue weighted by molar-refractivity contribution is 7.11. The van der Waals surface area contributed by atoms with Crippen LogP contribution in [-0.2, 0) is 17.8 Å². The Morgan fingerprint density at radius 1 is 1.37 bits per heavy atom. The number of aromatic nitrogens is 1. The summed E-state index contributed by atoms with van der Waals surface area (Å²) < 4.78 is 0. The van der Waals surface area contributed by atoms with Gasteiger partial charge in [-0.1, -0.05) is 18.2 Å². The van der Waals surface area contributed by atoms with Gasteiger partial charge in [-0.25, -0.2) is 4.98 Å². The van der Waals surface area contributed by atoms with Crippen LogP contribution in [-0.4, -0.2) is 17.9 Å². The molecule has 0 fully saturated rings. The maximum absolute atomic E-state index is 12.2. The molecule has 0 atom stereocenters. The Morgan fingerprint density at radius 2 is 2.05 bits per heavy atom. The van der Waals surface area contributed by atoms with Crippen molar-refractivity contribution in [1.82, 2.24) is 4.98 Å². The number of thiazole rings is 1. The zero-order chi connectivity index (χ0) is 13.8. The second-order valence-corrected chi connectivity index (χ2v) is 5.45. The lowest BCUT2D eigenvalue weighted by Crippen LogP contribution is -2.27. The SMILES string of the molecule is Cc1nc(CN)sc1CC(=O)N(C)c1ccccc1. The van der Waals surface area contributed by atoms with Crippen molar-refractivity contribution < 1.29 is 4.79 Å². The second kappa shape index (κ2) is 5.95. The van der Waals surface area contributed by atoms with Crippen LogP contribution in [0.4, 0.5) is 5.69 Å². The van der Waals surface area contributed by atoms with Crippen molar-refractivity contribution in [2.75, 3.05) is 11.9 Å². The van der Waals surface area contributed by atoms with Gasteiger partial charge in [-0.05, 0) is 19.1 Å². The molecule has 2 rings (SSSR count). The monoisotopic (exact) mass is 275 g/mol. The van der Waals surface area contributed by atoms with E-state index in [1.165, 1.54) is 11.3 Å². The fourth-order valence-corrected chi connectivity index (χ4v) is 2.73. The maximum Gasteiger partial charge on any atom is 0.232 e. The third-order valence-corrected chi connectivity index (χ3v) is 4.12. The van der Waals surface area contributed by atoms with Gasteiger partial charge in [0.05, 0.1) is 12.1 Å². The molecule has 0 unspecified atom stereocenters. The van der Waals surface area contributed by atoms with Crippen LogP contribution in [0.2, 0.25) is 0 Å². The topological polar surface area (TPSA) is 59.2 Å². The molecule has 1 amide bonds. The number of carbonyl (C=O) groups excluding carboxylic acids is 1. The zero-order valence-electron chi connectivity index (χ0n) is 11.1. The van der Waals surface area contributed by atoms with E-state index in [0.717, 1.165) is 21.3 Å². The lowest BCUT2D eigenvalue weighted by molar-refractivity contribution is -0.117. The fourth-order valence-electron chi connectivity index (χ4n) is 1.79. The van der Waals surface area contributed by atoms with Gasteiger partial charge in [0.15, 0.2) is 0 Å². The van der Waals surface area contributed by atoms with Crippen molar-refractivity contribution in [2.45, 2.75) is 19.9 Å². The van der Waals surface area contributed by atoms with Crippen LogP contribution in [0.25, 0.3) is 0 Å². The van der Waals surface area contributed by atoms with Crippen molar-refractivity contribution in [3.63, 3.8) is 0 Å². The van der Waals surface area contributed by atoms with Crippen LogP contribution in [0.5, 0.6) is 0 Å². The van der Waals surface area contributed by atoms with Gasteiger partial charge in [0.1, 0.15) is 5.01 Å². The lowest BCUT2D eigenvalue weighted by atomic mass is 10.2. The largest absolute Gasteiger partial charge is 0.325 e. The van der Waals surface area contributed by atoms with Crippen molar-refractivity contribution in [1.29, 1.82) is 0 Å². The number of benzene rings is 1. The van der Waals surface area contributed by atoms with E-state index in [1.54, 1.807) is 11.9 Å². The van der Waals surface area contributed by atoms with Gasteiger partial charge >= 0.3 is 0 Å². The number of amides is 1. The van der Waals surface area contributed by atoms with E-state index < -0.39 is 0 Å². The van der Waals surface area contributed by atoms with E-state index in [0.29, 0.717) is 13.0 Å². The molecular weight excluding hydrogens is 258 g/mol. The van der Waals surface area contributed by atoms with E-state index in [2.05, 4.69) is 4.98 Å². The van der Waals surface area contributed by atoms with Crippen LogP contribution >= 0.6 is 11.3 Å². The minimum absolute atomic E-state index is 0.0570. The third-order valence-electron chi connectivity index (χ3n) is 2.94. The van der Waals surface area contributed by atoms with Crippen LogP contribution in [0.1, 0.15) is 15.6 Å². The summed E-state index contributed by atoms with van der Waals surface area (Å²) in [6.45, 7) is 2.34. The number of likely N-dealkylation sites (N-methyl/N-ethyl adjacent to an activating group) is 1. The summed E-state index contributed by atoms with van der Waals surface area (Å²) in [5, 5.41) is 0.877. The summed E-state index contributed by atoms with van der Waals surface area (Å²) in [6, 6.07) is 9.61. The second-order valence-electron chi connectivity index (χ2n) is 4.29. The summed E-state index contributed by atoms with van der Waals surface area (Å²) >= 11 is 1.52. The number of rotatable bonds is 4. The molecule has 100 valence electrons. The van der Waals surface area contributed by atoms with Gasteiger partial charge in [-0.2, -0.15) is 0 Å². The summed E-state index contributed by atoms with van der Waals surface area (Å²) in [5.74, 6) is 0.0570. The van der Waals surface area contributed by atoms with E-state index in [-0.39, 0.29) is 5.91 Å². The Kier molecular flexibility index (Phi) is 4.29. The first kappa shape index (κ1) is 13.7. The summed E-state index contributed by atoms with van der Waals surface area (Å²) in [4.78, 5) is 19.2. The Morgan fingerprint density at radius 3 is 2.63 bits per heavy atom. The van der Waals surface area contributed by atoms with E-state index in [1.807, 2.05) is 37.3 Å². The van der Waals surface area contributed by atoms with E-state index >= 15 is 0 Å². The summed E-state index contributed by atoms with van der Waals surface area (Å²) in [5.41, 5.74) is 7.37. The Balaban J connectivity index is 2.10. The number of hydrogen-bond acceptors (Lipinski definition) is 4. The average molecular weight is 275 g/mol. The number of nitrogens with zero attached hydrogens (tertiary/aromatic N) is 2. The highest BCUT2D eigenvalue weighted by Crippen LogP contribution is 2.20. The highest BCUT2D eigenvalue weighted by atomic mass is 32.1. The fraction of sp³-hybridized carbons (Fsp3) is 0.286. The molecule has 0 saturated heterocycles. The summed E-state index contributed by atoms with van der Waals surface area (Å²) in [7, 11) is 1.79. The number of carbonyl (C=O) groups is 1. The first-order chi connectivity index (χ1) is 9.11. The van der Waals surface area contributed by atoms with E-state index in [9.17, 15) is 4.79 Å². The van der Waals surface area contributed by atoms with Gasteiger partial charge in [-0.3, -0.25) is 4.79 Å². The molecule has 0 saturated carbocycles. The van der Waals surface area contributed by atoms with Crippen LogP contribution in [0.3, 0.4) is 0 Å². The van der Waals surface area contributed by atoms with Crippen molar-refractivity contribution in [3.05, 3.63) is 45.9 Å². The molecule has 0 radical (unpaired) electrons. The van der Waals surface area contributed by atoms with Gasteiger partial charge < -0.3 is 10.6 Å². The quantitative estimate of drug-likeness (QED) is 0.929. The first-order valence-electron chi connectivity index (χ1n) is 6.08. The molecular formula is C14H17N3OS. The van der Waals surface area contributed by atoms with Gasteiger partial charge in [0.2, 0.25) is 5.91 Å². The third kappa shape index (κ3) is 3.19. The number of para-hydroxylation sites is 1. The standard InChI is InChI=1S/C14H17N3OS/c1-10-12(19-13(9-15)16-10)8-14(18)17(2)11-6-4-3-5-7-11/h3-7H,8-9,15H2,1-2H3. The van der Waals surface area contributed by atoms with Crippen LogP contribution in [0.15, 0.2) is 30.3 Å². The molecule has 4 nitrogen and oxygen atoms in total. The normalized spacial score (nSPS) is 10.5. The van der Waals surface area contributed by atoms with Gasteiger partial charge in [0.25, 0.3) is 0 Å².